The zero-order chi connectivity index (χ0) is 41.8. The van der Waals surface area contributed by atoms with Crippen molar-refractivity contribution in [2.24, 2.45) is 11.3 Å². The number of halogens is 1. The SMILES string of the molecule is COc1cc2[nH]ncc2cc1C(=O)Nc1cccn(C2CC2)c1=O.O=C1CCN(c2cc(C(=O)N3CCC4(CCN(CCC5CCCCC5)CC4)CC3)ccc2Cl)C(=O)N1. The van der Waals surface area contributed by atoms with Crippen molar-refractivity contribution in [1.29, 1.82) is 0 Å². The van der Waals surface area contributed by atoms with Gasteiger partial charge in [-0.25, -0.2) is 4.79 Å². The maximum Gasteiger partial charge on any atom is 0.328 e. The zero-order valence-electron chi connectivity index (χ0n) is 34.3. The summed E-state index contributed by atoms with van der Waals surface area (Å²) in [7, 11) is 1.50. The Bertz CT molecular complexity index is 2280. The number of imide groups is 1. The second-order valence-corrected chi connectivity index (χ2v) is 17.6. The molecule has 5 fully saturated rings. The second kappa shape index (κ2) is 18.2. The highest BCUT2D eigenvalue weighted by atomic mass is 35.5. The van der Waals surface area contributed by atoms with Crippen LogP contribution in [0.3, 0.4) is 0 Å². The van der Waals surface area contributed by atoms with Crippen LogP contribution in [0.1, 0.15) is 110 Å². The molecule has 318 valence electrons. The molecule has 0 bridgehead atoms. The van der Waals surface area contributed by atoms with Gasteiger partial charge in [0.1, 0.15) is 11.4 Å². The van der Waals surface area contributed by atoms with Gasteiger partial charge in [-0.15, -0.1) is 0 Å². The molecule has 3 saturated heterocycles. The molecule has 14 nitrogen and oxygen atoms in total. The quantitative estimate of drug-likeness (QED) is 0.157. The molecule has 15 heteroatoms. The molecule has 5 heterocycles. The molecule has 4 aromatic rings. The summed E-state index contributed by atoms with van der Waals surface area (Å²) in [5.41, 5.74) is 2.60. The Morgan fingerprint density at radius 3 is 2.40 bits per heavy atom. The number of pyridine rings is 1. The largest absolute Gasteiger partial charge is 0.496 e. The molecular formula is C45H55ClN8O6. The number of methoxy groups -OCH3 is 1. The third kappa shape index (κ3) is 9.39. The summed E-state index contributed by atoms with van der Waals surface area (Å²) in [5, 5.41) is 13.0. The number of nitrogens with zero attached hydrogens (tertiary/aromatic N) is 5. The summed E-state index contributed by atoms with van der Waals surface area (Å²) in [5.74, 6) is 0.672. The number of urea groups is 1. The Morgan fingerprint density at radius 1 is 0.933 bits per heavy atom. The number of anilines is 2. The molecule has 5 aliphatic rings. The lowest BCUT2D eigenvalue weighted by atomic mass is 9.71. The van der Waals surface area contributed by atoms with Crippen LogP contribution in [0.25, 0.3) is 10.9 Å². The summed E-state index contributed by atoms with van der Waals surface area (Å²) in [4.78, 5) is 68.3. The van der Waals surface area contributed by atoms with E-state index in [-0.39, 0.29) is 48.0 Å². The van der Waals surface area contributed by atoms with E-state index >= 15 is 0 Å². The van der Waals surface area contributed by atoms with Gasteiger partial charge < -0.3 is 24.4 Å². The topological polar surface area (TPSA) is 162 Å². The van der Waals surface area contributed by atoms with Crippen LogP contribution in [0, 0.1) is 11.3 Å². The molecule has 2 aliphatic carbocycles. The maximum atomic E-state index is 13.3. The van der Waals surface area contributed by atoms with Gasteiger partial charge in [0.25, 0.3) is 17.4 Å². The normalized spacial score (nSPS) is 19.8. The minimum Gasteiger partial charge on any atom is -0.496 e. The zero-order valence-corrected chi connectivity index (χ0v) is 35.1. The lowest BCUT2D eigenvalue weighted by Crippen LogP contribution is -2.50. The summed E-state index contributed by atoms with van der Waals surface area (Å²) in [6.45, 7) is 5.46. The molecule has 2 saturated carbocycles. The number of hydrogen-bond acceptors (Lipinski definition) is 8. The van der Waals surface area contributed by atoms with E-state index in [9.17, 15) is 24.0 Å². The molecule has 0 atom stereocenters. The number of likely N-dealkylation sites (tertiary alicyclic amines) is 2. The highest BCUT2D eigenvalue weighted by Gasteiger charge is 2.39. The van der Waals surface area contributed by atoms with Gasteiger partial charge in [0, 0.05) is 55.3 Å². The maximum absolute atomic E-state index is 13.3. The highest BCUT2D eigenvalue weighted by Crippen LogP contribution is 2.42. The fourth-order valence-electron chi connectivity index (χ4n) is 9.36. The summed E-state index contributed by atoms with van der Waals surface area (Å²) in [6, 6.07) is 11.6. The number of carbonyl (C=O) groups is 4. The van der Waals surface area contributed by atoms with Gasteiger partial charge in [-0.1, -0.05) is 43.7 Å². The first-order valence-electron chi connectivity index (χ1n) is 21.6. The Kier molecular flexibility index (Phi) is 12.6. The van der Waals surface area contributed by atoms with E-state index in [1.807, 2.05) is 4.90 Å². The molecular weight excluding hydrogens is 784 g/mol. The number of aromatic nitrogens is 3. The van der Waals surface area contributed by atoms with Crippen molar-refractivity contribution >= 4 is 57.6 Å². The summed E-state index contributed by atoms with van der Waals surface area (Å²) < 4.78 is 6.96. The van der Waals surface area contributed by atoms with E-state index in [4.69, 9.17) is 16.3 Å². The summed E-state index contributed by atoms with van der Waals surface area (Å²) >= 11 is 6.36. The summed E-state index contributed by atoms with van der Waals surface area (Å²) in [6.07, 6.45) is 18.7. The molecule has 9 rings (SSSR count). The Morgan fingerprint density at radius 2 is 1.68 bits per heavy atom. The standard InChI is InChI=1S/C28H39ClN4O3.C17H16N4O3/c29-23-7-6-22(20-24(23)33-15-9-25(34)30-27(33)36)26(35)32-18-12-28(13-19-32)10-16-31(17-11-28)14-8-21-4-2-1-3-5-21;1-24-15-8-14-10(9-18-20-14)7-12(15)16(22)19-13-3-2-6-21(17(13)23)11-4-5-11/h6-7,20-21H,1-5,8-19H2,(H,30,34,36);2-3,6-9,11H,4-5H2,1H3,(H,18,20)(H,19,22). The lowest BCUT2D eigenvalue weighted by Gasteiger charge is -2.47. The van der Waals surface area contributed by atoms with Crippen LogP contribution >= 0.6 is 11.6 Å². The predicted octanol–water partition coefficient (Wildman–Crippen LogP) is 7.40. The van der Waals surface area contributed by atoms with E-state index in [0.717, 1.165) is 55.6 Å². The van der Waals surface area contributed by atoms with Gasteiger partial charge >= 0.3 is 6.03 Å². The number of ether oxygens (including phenoxy) is 1. The van der Waals surface area contributed by atoms with E-state index in [1.54, 1.807) is 59.4 Å². The van der Waals surface area contributed by atoms with E-state index in [0.29, 0.717) is 33.0 Å². The lowest BCUT2D eigenvalue weighted by molar-refractivity contribution is -0.120. The molecule has 2 aromatic heterocycles. The van der Waals surface area contributed by atoms with Crippen LogP contribution < -0.4 is 25.8 Å². The fourth-order valence-corrected chi connectivity index (χ4v) is 9.58. The third-order valence-corrected chi connectivity index (χ3v) is 13.6. The second-order valence-electron chi connectivity index (χ2n) is 17.2. The number of piperidine rings is 2. The number of H-pyrrole nitrogens is 1. The molecule has 1 spiro atoms. The number of hydrogen-bond donors (Lipinski definition) is 3. The number of fused-ring (bicyclic) bond motifs is 1. The smallest absolute Gasteiger partial charge is 0.328 e. The number of rotatable bonds is 9. The van der Waals surface area contributed by atoms with Crippen molar-refractivity contribution < 1.29 is 23.9 Å². The van der Waals surface area contributed by atoms with Crippen molar-refractivity contribution in [3.05, 3.63) is 81.4 Å². The predicted molar refractivity (Wildman–Crippen MR) is 231 cm³/mol. The minimum atomic E-state index is -0.497. The van der Waals surface area contributed by atoms with E-state index in [1.165, 1.54) is 83.0 Å². The van der Waals surface area contributed by atoms with Crippen molar-refractivity contribution in [3.8, 4) is 5.75 Å². The first kappa shape index (κ1) is 41.5. The van der Waals surface area contributed by atoms with Crippen LogP contribution in [0.2, 0.25) is 5.02 Å². The number of amides is 5. The van der Waals surface area contributed by atoms with Gasteiger partial charge in [-0.2, -0.15) is 5.10 Å². The van der Waals surface area contributed by atoms with Gasteiger partial charge in [0.2, 0.25) is 5.91 Å². The minimum absolute atomic E-state index is 0.0128. The molecule has 3 aliphatic heterocycles. The monoisotopic (exact) mass is 838 g/mol. The van der Waals surface area contributed by atoms with Crippen molar-refractivity contribution in [2.45, 2.75) is 89.5 Å². The van der Waals surface area contributed by atoms with E-state index in [2.05, 4.69) is 25.7 Å². The number of benzene rings is 2. The van der Waals surface area contributed by atoms with Crippen molar-refractivity contribution in [3.63, 3.8) is 0 Å². The third-order valence-electron chi connectivity index (χ3n) is 13.3. The average Bonchev–Trinajstić information content (AvgIpc) is 4.01. The van der Waals surface area contributed by atoms with Crippen LogP contribution in [0.4, 0.5) is 16.2 Å². The van der Waals surface area contributed by atoms with Crippen molar-refractivity contribution in [1.82, 2.24) is 29.9 Å². The number of carbonyl (C=O) groups excluding carboxylic acids is 4. The molecule has 0 radical (unpaired) electrons. The fraction of sp³-hybridized carbons (Fsp3) is 0.511. The van der Waals surface area contributed by atoms with Crippen LogP contribution in [-0.2, 0) is 4.79 Å². The Labute approximate surface area is 354 Å². The van der Waals surface area contributed by atoms with Gasteiger partial charge in [0.15, 0.2) is 0 Å². The van der Waals surface area contributed by atoms with Crippen LogP contribution in [0.15, 0.2) is 59.7 Å². The average molecular weight is 839 g/mol. The van der Waals surface area contributed by atoms with E-state index < -0.39 is 6.03 Å². The number of nitrogens with one attached hydrogen (secondary N) is 3. The first-order chi connectivity index (χ1) is 29.1. The first-order valence-corrected chi connectivity index (χ1v) is 21.9. The van der Waals surface area contributed by atoms with Crippen LogP contribution in [0.5, 0.6) is 5.75 Å². The molecule has 3 N–H and O–H groups in total. The van der Waals surface area contributed by atoms with Gasteiger partial charge in [-0.05, 0) is 112 Å². The molecule has 0 unspecified atom stereocenters. The highest BCUT2D eigenvalue weighted by molar-refractivity contribution is 6.34. The van der Waals surface area contributed by atoms with Gasteiger partial charge in [-0.3, -0.25) is 34.5 Å². The molecule has 5 amide bonds. The number of aromatic amines is 1. The Balaban J connectivity index is 0.000000180. The van der Waals surface area contributed by atoms with Crippen LogP contribution in [-0.4, -0.2) is 94.7 Å². The molecule has 2 aromatic carbocycles. The van der Waals surface area contributed by atoms with Crippen molar-refractivity contribution in [2.75, 3.05) is 56.6 Å². The van der Waals surface area contributed by atoms with Gasteiger partial charge in [0.05, 0.1) is 35.1 Å². The Hall–Kier alpha value is -5.21. The molecule has 60 heavy (non-hydrogen) atoms.